The molecule has 1 fully saturated rings. The zero-order chi connectivity index (χ0) is 11.3. The van der Waals surface area contributed by atoms with Gasteiger partial charge in [-0.25, -0.2) is 0 Å². The summed E-state index contributed by atoms with van der Waals surface area (Å²) in [5.74, 6) is -0.00389. The number of nitrogens with one attached hydrogen (secondary N) is 2. The monoisotopic (exact) mass is 252 g/mol. The fourth-order valence-electron chi connectivity index (χ4n) is 1.47. The van der Waals surface area contributed by atoms with Crippen molar-refractivity contribution in [1.82, 2.24) is 10.6 Å². The molecule has 1 saturated heterocycles. The largest absolute Gasteiger partial charge is 0.391 e. The highest BCUT2D eigenvalue weighted by molar-refractivity contribution is 5.85. The molecule has 5 nitrogen and oxygen atoms in total. The number of carbonyl (C=O) groups excluding carboxylic acids is 1. The number of aliphatic hydroxyl groups excluding tert-OH is 1. The average molecular weight is 253 g/mol. The summed E-state index contributed by atoms with van der Waals surface area (Å²) in [4.78, 5) is 11.3. The second kappa shape index (κ2) is 7.84. The summed E-state index contributed by atoms with van der Waals surface area (Å²) in [5, 5.41) is 15.3. The van der Waals surface area contributed by atoms with E-state index in [9.17, 15) is 9.90 Å². The molecule has 3 N–H and O–H groups in total. The maximum atomic E-state index is 11.3. The van der Waals surface area contributed by atoms with Crippen LogP contribution < -0.4 is 10.6 Å². The van der Waals surface area contributed by atoms with Crippen LogP contribution in [0.3, 0.4) is 0 Å². The highest BCUT2D eigenvalue weighted by Crippen LogP contribution is 2.06. The van der Waals surface area contributed by atoms with E-state index < -0.39 is 0 Å². The Balaban J connectivity index is 0.00000225. The first-order valence-electron chi connectivity index (χ1n) is 5.36. The standard InChI is InChI=1S/C10H20N2O3.ClH/c1-7(2)15-6-10(14)12-4-8-3-11-5-9(8)13;/h7-9,11,13H,3-6H2,1-2H3,(H,12,14);1H. The molecule has 2 atom stereocenters. The van der Waals surface area contributed by atoms with E-state index in [1.807, 2.05) is 13.8 Å². The lowest BCUT2D eigenvalue weighted by molar-refractivity contribution is -0.127. The Morgan fingerprint density at radius 1 is 1.56 bits per heavy atom. The number of amides is 1. The van der Waals surface area contributed by atoms with Crippen molar-refractivity contribution in [2.45, 2.75) is 26.1 Å². The van der Waals surface area contributed by atoms with Crippen LogP contribution >= 0.6 is 12.4 Å². The van der Waals surface area contributed by atoms with E-state index in [0.717, 1.165) is 6.54 Å². The lowest BCUT2D eigenvalue weighted by Gasteiger charge is -2.14. The van der Waals surface area contributed by atoms with Gasteiger partial charge in [-0.05, 0) is 13.8 Å². The van der Waals surface area contributed by atoms with Crippen molar-refractivity contribution in [2.24, 2.45) is 5.92 Å². The van der Waals surface area contributed by atoms with E-state index in [-0.39, 0.29) is 43.0 Å². The van der Waals surface area contributed by atoms with Crippen LogP contribution in [-0.4, -0.2) is 49.5 Å². The third-order valence-electron chi connectivity index (χ3n) is 2.41. The Morgan fingerprint density at radius 3 is 2.75 bits per heavy atom. The minimum atomic E-state index is -0.351. The highest BCUT2D eigenvalue weighted by Gasteiger charge is 2.24. The summed E-state index contributed by atoms with van der Waals surface area (Å²) in [7, 11) is 0. The van der Waals surface area contributed by atoms with Crippen molar-refractivity contribution >= 4 is 18.3 Å². The molecule has 96 valence electrons. The molecular weight excluding hydrogens is 232 g/mol. The van der Waals surface area contributed by atoms with E-state index in [4.69, 9.17) is 4.74 Å². The lowest BCUT2D eigenvalue weighted by Crippen LogP contribution is -2.36. The van der Waals surface area contributed by atoms with E-state index in [0.29, 0.717) is 13.1 Å². The summed E-state index contributed by atoms with van der Waals surface area (Å²) in [6.07, 6.45) is -0.286. The molecule has 0 aromatic carbocycles. The van der Waals surface area contributed by atoms with Crippen LogP contribution in [-0.2, 0) is 9.53 Å². The lowest BCUT2D eigenvalue weighted by atomic mass is 10.1. The van der Waals surface area contributed by atoms with Gasteiger partial charge in [0, 0.05) is 25.6 Å². The Labute approximate surface area is 102 Å². The Bertz CT molecular complexity index is 214. The summed E-state index contributed by atoms with van der Waals surface area (Å²) in [6, 6.07) is 0. The molecule has 1 heterocycles. The third-order valence-corrected chi connectivity index (χ3v) is 2.41. The van der Waals surface area contributed by atoms with Crippen LogP contribution in [0.25, 0.3) is 0 Å². The third kappa shape index (κ3) is 5.65. The molecule has 1 amide bonds. The molecule has 0 bridgehead atoms. The van der Waals surface area contributed by atoms with Gasteiger partial charge < -0.3 is 20.5 Å². The Hall–Kier alpha value is -0.360. The molecule has 1 aliphatic rings. The fraction of sp³-hybridized carbons (Fsp3) is 0.900. The molecule has 6 heteroatoms. The average Bonchev–Trinajstić information content (AvgIpc) is 2.58. The summed E-state index contributed by atoms with van der Waals surface area (Å²) < 4.78 is 5.16. The summed E-state index contributed by atoms with van der Waals surface area (Å²) in [5.41, 5.74) is 0. The first-order valence-corrected chi connectivity index (χ1v) is 5.36. The van der Waals surface area contributed by atoms with E-state index >= 15 is 0 Å². The molecule has 2 unspecified atom stereocenters. The van der Waals surface area contributed by atoms with Gasteiger partial charge in [-0.15, -0.1) is 12.4 Å². The number of carbonyl (C=O) groups is 1. The van der Waals surface area contributed by atoms with Gasteiger partial charge in [0.1, 0.15) is 6.61 Å². The molecule has 1 aliphatic heterocycles. The fourth-order valence-corrected chi connectivity index (χ4v) is 1.47. The van der Waals surface area contributed by atoms with Gasteiger partial charge in [0.25, 0.3) is 0 Å². The van der Waals surface area contributed by atoms with Gasteiger partial charge in [0.15, 0.2) is 0 Å². The molecule has 0 aromatic rings. The second-order valence-electron chi connectivity index (χ2n) is 4.15. The van der Waals surface area contributed by atoms with Crippen LogP contribution in [0.15, 0.2) is 0 Å². The first-order chi connectivity index (χ1) is 7.09. The SMILES string of the molecule is CC(C)OCC(=O)NCC1CNCC1O.Cl. The topological polar surface area (TPSA) is 70.6 Å². The van der Waals surface area contributed by atoms with Gasteiger partial charge in [-0.1, -0.05) is 0 Å². The molecule has 0 radical (unpaired) electrons. The highest BCUT2D eigenvalue weighted by atomic mass is 35.5. The molecular formula is C10H21ClN2O3. The van der Waals surface area contributed by atoms with Crippen LogP contribution in [0.2, 0.25) is 0 Å². The molecule has 0 aliphatic carbocycles. The minimum absolute atomic E-state index is 0. The maximum Gasteiger partial charge on any atom is 0.246 e. The number of halogens is 1. The Kier molecular flexibility index (Phi) is 7.66. The number of β-amino-alcohol motifs (C(OH)–C–C–N with tert-alkyl or cyclic N) is 1. The van der Waals surface area contributed by atoms with Gasteiger partial charge in [0.2, 0.25) is 5.91 Å². The first kappa shape index (κ1) is 15.6. The summed E-state index contributed by atoms with van der Waals surface area (Å²) >= 11 is 0. The molecule has 16 heavy (non-hydrogen) atoms. The number of rotatable bonds is 5. The van der Waals surface area contributed by atoms with Crippen molar-refractivity contribution in [3.8, 4) is 0 Å². The normalized spacial score (nSPS) is 24.2. The van der Waals surface area contributed by atoms with E-state index in [1.165, 1.54) is 0 Å². The van der Waals surface area contributed by atoms with Gasteiger partial charge in [-0.2, -0.15) is 0 Å². The van der Waals surface area contributed by atoms with E-state index in [2.05, 4.69) is 10.6 Å². The van der Waals surface area contributed by atoms with Crippen LogP contribution in [0.1, 0.15) is 13.8 Å². The quantitative estimate of drug-likeness (QED) is 0.619. The number of ether oxygens (including phenoxy) is 1. The zero-order valence-electron chi connectivity index (χ0n) is 9.73. The predicted octanol–water partition coefficient (Wildman–Crippen LogP) is -0.470. The molecule has 0 spiro atoms. The van der Waals surface area contributed by atoms with Crippen LogP contribution in [0, 0.1) is 5.92 Å². The summed E-state index contributed by atoms with van der Waals surface area (Å²) in [6.45, 7) is 5.74. The van der Waals surface area contributed by atoms with Crippen LogP contribution in [0.5, 0.6) is 0 Å². The molecule has 0 aromatic heterocycles. The van der Waals surface area contributed by atoms with Gasteiger partial charge in [-0.3, -0.25) is 4.79 Å². The smallest absolute Gasteiger partial charge is 0.246 e. The van der Waals surface area contributed by atoms with E-state index in [1.54, 1.807) is 0 Å². The number of hydrogen-bond acceptors (Lipinski definition) is 4. The van der Waals surface area contributed by atoms with Gasteiger partial charge >= 0.3 is 0 Å². The van der Waals surface area contributed by atoms with Crippen molar-refractivity contribution in [3.63, 3.8) is 0 Å². The van der Waals surface area contributed by atoms with Crippen molar-refractivity contribution in [2.75, 3.05) is 26.2 Å². The van der Waals surface area contributed by atoms with Crippen molar-refractivity contribution < 1.29 is 14.6 Å². The maximum absolute atomic E-state index is 11.3. The second-order valence-corrected chi connectivity index (χ2v) is 4.15. The number of hydrogen-bond donors (Lipinski definition) is 3. The van der Waals surface area contributed by atoms with Gasteiger partial charge in [0.05, 0.1) is 12.2 Å². The van der Waals surface area contributed by atoms with Crippen molar-refractivity contribution in [3.05, 3.63) is 0 Å². The minimum Gasteiger partial charge on any atom is -0.391 e. The van der Waals surface area contributed by atoms with Crippen LogP contribution in [0.4, 0.5) is 0 Å². The molecule has 1 rings (SSSR count). The van der Waals surface area contributed by atoms with Crippen molar-refractivity contribution in [1.29, 1.82) is 0 Å². The number of aliphatic hydroxyl groups is 1. The Morgan fingerprint density at radius 2 is 2.25 bits per heavy atom. The predicted molar refractivity (Wildman–Crippen MR) is 63.7 cm³/mol. The zero-order valence-corrected chi connectivity index (χ0v) is 10.5. The molecule has 0 saturated carbocycles.